The molecule has 0 spiro atoms. The van der Waals surface area contributed by atoms with Crippen molar-refractivity contribution in [1.29, 1.82) is 0 Å². The van der Waals surface area contributed by atoms with Crippen LogP contribution in [-0.4, -0.2) is 59.8 Å². The van der Waals surface area contributed by atoms with E-state index in [0.29, 0.717) is 18.5 Å². The second-order valence-electron chi connectivity index (χ2n) is 6.70. The average Bonchev–Trinajstić information content (AvgIpc) is 3.11. The summed E-state index contributed by atoms with van der Waals surface area (Å²) >= 11 is 1.83. The van der Waals surface area contributed by atoms with Crippen molar-refractivity contribution in [2.45, 2.75) is 31.3 Å². The molecule has 2 aromatic rings. The van der Waals surface area contributed by atoms with Crippen LogP contribution < -0.4 is 0 Å². The van der Waals surface area contributed by atoms with E-state index in [1.807, 2.05) is 11.3 Å². The van der Waals surface area contributed by atoms with Crippen molar-refractivity contribution in [1.82, 2.24) is 19.9 Å². The molecule has 0 radical (unpaired) electrons. The molecule has 1 saturated heterocycles. The minimum Gasteiger partial charge on any atom is -0.379 e. The van der Waals surface area contributed by atoms with Crippen molar-refractivity contribution in [3.8, 4) is 0 Å². The predicted octanol–water partition coefficient (Wildman–Crippen LogP) is 2.51. The molecule has 24 heavy (non-hydrogen) atoms. The number of likely N-dealkylation sites (N-methyl/N-ethyl adjacent to an activating group) is 1. The Bertz CT molecular complexity index is 635. The minimum atomic E-state index is 0.393. The van der Waals surface area contributed by atoms with Crippen LogP contribution in [0.5, 0.6) is 0 Å². The van der Waals surface area contributed by atoms with E-state index in [9.17, 15) is 0 Å². The highest BCUT2D eigenvalue weighted by molar-refractivity contribution is 7.10. The quantitative estimate of drug-likeness (QED) is 0.766. The monoisotopic (exact) mass is 348 g/mol. The maximum Gasteiger partial charge on any atom is 0.240 e. The second kappa shape index (κ2) is 7.31. The number of hydrogen-bond donors (Lipinski definition) is 0. The van der Waals surface area contributed by atoms with E-state index in [2.05, 4.69) is 44.5 Å². The Balaban J connectivity index is 1.40. The first kappa shape index (κ1) is 16.2. The maximum absolute atomic E-state index is 5.51. The molecule has 0 amide bonds. The van der Waals surface area contributed by atoms with E-state index >= 15 is 0 Å². The Kier molecular flexibility index (Phi) is 4.93. The van der Waals surface area contributed by atoms with Crippen LogP contribution in [0.4, 0.5) is 0 Å². The topological polar surface area (TPSA) is 54.6 Å². The fourth-order valence-corrected chi connectivity index (χ4v) is 4.04. The number of thiophene rings is 1. The highest BCUT2D eigenvalue weighted by atomic mass is 32.1. The van der Waals surface area contributed by atoms with Gasteiger partial charge in [-0.15, -0.1) is 11.3 Å². The summed E-state index contributed by atoms with van der Waals surface area (Å²) in [5, 5.41) is 6.27. The van der Waals surface area contributed by atoms with Gasteiger partial charge in [-0.1, -0.05) is 11.2 Å². The SMILES string of the molecule is CN(Cc1nc(C2CC2)no1)C[C@@H](c1cccs1)N1CCOCC1. The molecular weight excluding hydrogens is 324 g/mol. The molecule has 4 rings (SSSR count). The molecule has 0 unspecified atom stereocenters. The zero-order valence-corrected chi connectivity index (χ0v) is 14.9. The number of hydrogen-bond acceptors (Lipinski definition) is 7. The van der Waals surface area contributed by atoms with Crippen LogP contribution in [0.15, 0.2) is 22.0 Å². The van der Waals surface area contributed by atoms with Gasteiger partial charge < -0.3 is 9.26 Å². The van der Waals surface area contributed by atoms with Crippen LogP contribution in [0.1, 0.15) is 41.4 Å². The van der Waals surface area contributed by atoms with Crippen LogP contribution in [-0.2, 0) is 11.3 Å². The summed E-state index contributed by atoms with van der Waals surface area (Å²) in [6, 6.07) is 4.76. The average molecular weight is 348 g/mol. The smallest absolute Gasteiger partial charge is 0.240 e. The first-order valence-corrected chi connectivity index (χ1v) is 9.54. The van der Waals surface area contributed by atoms with E-state index in [0.717, 1.165) is 44.6 Å². The van der Waals surface area contributed by atoms with Crippen molar-refractivity contribution in [2.24, 2.45) is 0 Å². The predicted molar refractivity (Wildman–Crippen MR) is 92.1 cm³/mol. The zero-order valence-electron chi connectivity index (χ0n) is 14.1. The molecule has 2 aromatic heterocycles. The van der Waals surface area contributed by atoms with Gasteiger partial charge in [0, 0.05) is 30.4 Å². The molecule has 1 atom stereocenters. The van der Waals surface area contributed by atoms with Crippen molar-refractivity contribution in [3.05, 3.63) is 34.1 Å². The summed E-state index contributed by atoms with van der Waals surface area (Å²) in [6.45, 7) is 5.26. The van der Waals surface area contributed by atoms with Crippen LogP contribution >= 0.6 is 11.3 Å². The van der Waals surface area contributed by atoms with E-state index in [1.54, 1.807) is 0 Å². The number of ether oxygens (including phenoxy) is 1. The Morgan fingerprint density at radius 2 is 2.21 bits per heavy atom. The summed E-state index contributed by atoms with van der Waals surface area (Å²) in [6.07, 6.45) is 2.40. The molecule has 2 aliphatic rings. The lowest BCUT2D eigenvalue weighted by Gasteiger charge is -2.35. The van der Waals surface area contributed by atoms with Crippen LogP contribution in [0.2, 0.25) is 0 Å². The van der Waals surface area contributed by atoms with E-state index in [1.165, 1.54) is 17.7 Å². The molecular formula is C17H24N4O2S. The number of rotatable bonds is 7. The third kappa shape index (κ3) is 3.85. The van der Waals surface area contributed by atoms with E-state index < -0.39 is 0 Å². The number of nitrogens with zero attached hydrogens (tertiary/aromatic N) is 4. The highest BCUT2D eigenvalue weighted by Gasteiger charge is 2.29. The molecule has 1 saturated carbocycles. The highest BCUT2D eigenvalue weighted by Crippen LogP contribution is 2.38. The number of morpholine rings is 1. The normalized spacial score (nSPS) is 20.6. The van der Waals surface area contributed by atoms with Gasteiger partial charge in [0.25, 0.3) is 0 Å². The van der Waals surface area contributed by atoms with Crippen molar-refractivity contribution in [2.75, 3.05) is 39.9 Å². The minimum absolute atomic E-state index is 0.393. The van der Waals surface area contributed by atoms with E-state index in [-0.39, 0.29) is 0 Å². The molecule has 6 nitrogen and oxygen atoms in total. The third-order valence-corrected chi connectivity index (χ3v) is 5.65. The van der Waals surface area contributed by atoms with Gasteiger partial charge in [-0.25, -0.2) is 0 Å². The Hall–Kier alpha value is -1.28. The molecule has 3 heterocycles. The second-order valence-corrected chi connectivity index (χ2v) is 7.68. The zero-order chi connectivity index (χ0) is 16.4. The summed E-state index contributed by atoms with van der Waals surface area (Å²) in [7, 11) is 2.13. The molecule has 0 aromatic carbocycles. The van der Waals surface area contributed by atoms with Gasteiger partial charge in [0.2, 0.25) is 5.89 Å². The maximum atomic E-state index is 5.51. The first-order valence-electron chi connectivity index (χ1n) is 8.66. The first-order chi connectivity index (χ1) is 11.8. The van der Waals surface area contributed by atoms with Gasteiger partial charge in [0.15, 0.2) is 5.82 Å². The fourth-order valence-electron chi connectivity index (χ4n) is 3.19. The van der Waals surface area contributed by atoms with Gasteiger partial charge >= 0.3 is 0 Å². The Labute approximate surface area is 146 Å². The molecule has 7 heteroatoms. The summed E-state index contributed by atoms with van der Waals surface area (Å²) in [4.78, 5) is 10.8. The Morgan fingerprint density at radius 1 is 1.38 bits per heavy atom. The van der Waals surface area contributed by atoms with Gasteiger partial charge in [0.05, 0.1) is 25.8 Å². The number of aromatic nitrogens is 2. The molecule has 130 valence electrons. The summed E-state index contributed by atoms with van der Waals surface area (Å²) in [5.41, 5.74) is 0. The largest absolute Gasteiger partial charge is 0.379 e. The van der Waals surface area contributed by atoms with Crippen molar-refractivity contribution < 1.29 is 9.26 Å². The lowest BCUT2D eigenvalue weighted by atomic mass is 10.1. The standard InChI is InChI=1S/C17H24N4O2S/c1-20(12-16-18-17(19-23-16)13-4-5-13)11-14(15-3-2-10-24-15)21-6-8-22-9-7-21/h2-3,10,13-14H,4-9,11-12H2,1H3/t14-/m0/s1. The molecule has 1 aliphatic heterocycles. The van der Waals surface area contributed by atoms with Crippen molar-refractivity contribution >= 4 is 11.3 Å². The third-order valence-electron chi connectivity index (χ3n) is 4.67. The van der Waals surface area contributed by atoms with Gasteiger partial charge in [-0.05, 0) is 31.3 Å². The molecule has 1 aliphatic carbocycles. The molecule has 0 N–H and O–H groups in total. The van der Waals surface area contributed by atoms with Crippen LogP contribution in [0, 0.1) is 0 Å². The lowest BCUT2D eigenvalue weighted by Crippen LogP contribution is -2.42. The van der Waals surface area contributed by atoms with Gasteiger partial charge in [-0.2, -0.15) is 4.98 Å². The van der Waals surface area contributed by atoms with Gasteiger partial charge in [-0.3, -0.25) is 9.80 Å². The van der Waals surface area contributed by atoms with Crippen molar-refractivity contribution in [3.63, 3.8) is 0 Å². The van der Waals surface area contributed by atoms with Crippen LogP contribution in [0.3, 0.4) is 0 Å². The van der Waals surface area contributed by atoms with Crippen LogP contribution in [0.25, 0.3) is 0 Å². The van der Waals surface area contributed by atoms with E-state index in [4.69, 9.17) is 9.26 Å². The lowest BCUT2D eigenvalue weighted by molar-refractivity contribution is 0.00908. The summed E-state index contributed by atoms with van der Waals surface area (Å²) < 4.78 is 10.9. The van der Waals surface area contributed by atoms with Gasteiger partial charge in [0.1, 0.15) is 0 Å². The molecule has 0 bridgehead atoms. The Morgan fingerprint density at radius 3 is 2.92 bits per heavy atom. The summed E-state index contributed by atoms with van der Waals surface area (Å²) in [5.74, 6) is 2.16. The fraction of sp³-hybridized carbons (Fsp3) is 0.647. The molecule has 2 fully saturated rings.